The molecule has 4 amide bonds. The highest BCUT2D eigenvalue weighted by Crippen LogP contribution is 2.29. The fraction of sp³-hybridized carbons (Fsp3) is 0.389. The van der Waals surface area contributed by atoms with Crippen LogP contribution >= 0.6 is 22.7 Å². The van der Waals surface area contributed by atoms with Crippen LogP contribution in [-0.2, 0) is 5.41 Å². The normalized spacial score (nSPS) is 10.7. The lowest BCUT2D eigenvalue weighted by Crippen LogP contribution is -2.34. The molecule has 29 heavy (non-hydrogen) atoms. The maximum absolute atomic E-state index is 11.3. The molecule has 0 saturated carbocycles. The summed E-state index contributed by atoms with van der Waals surface area (Å²) in [5, 5.41) is 17.9. The highest BCUT2D eigenvalue weighted by Gasteiger charge is 2.22. The number of rotatable bonds is 2. The monoisotopic (exact) mass is 435 g/mol. The van der Waals surface area contributed by atoms with E-state index in [1.165, 1.54) is 27.6 Å². The second-order valence-electron chi connectivity index (χ2n) is 6.94. The van der Waals surface area contributed by atoms with E-state index < -0.39 is 0 Å². The van der Waals surface area contributed by atoms with Crippen molar-refractivity contribution in [1.82, 2.24) is 25.8 Å². The summed E-state index contributed by atoms with van der Waals surface area (Å²) in [6.07, 6.45) is 0. The van der Waals surface area contributed by atoms with Crippen molar-refractivity contribution in [2.75, 3.05) is 31.4 Å². The maximum atomic E-state index is 11.3. The van der Waals surface area contributed by atoms with Gasteiger partial charge in [-0.1, -0.05) is 55.6 Å². The van der Waals surface area contributed by atoms with Gasteiger partial charge < -0.3 is 10.6 Å². The fourth-order valence-electron chi connectivity index (χ4n) is 1.99. The van der Waals surface area contributed by atoms with E-state index in [1.807, 2.05) is 24.3 Å². The smallest absolute Gasteiger partial charge is 0.323 e. The number of nitrogens with one attached hydrogen (secondary N) is 3. The highest BCUT2D eigenvalue weighted by molar-refractivity contribution is 7.22. The molecule has 0 saturated heterocycles. The van der Waals surface area contributed by atoms with Crippen molar-refractivity contribution in [1.29, 1.82) is 0 Å². The second-order valence-corrected chi connectivity index (χ2v) is 8.93. The summed E-state index contributed by atoms with van der Waals surface area (Å²) in [6.45, 7) is 6.20. The first-order chi connectivity index (χ1) is 13.7. The SMILES string of the molecule is CNC(=O)N(C)c1nnc(C(C)(C)C)s1.CNC(=O)Nc1nc2ccccc2s1. The van der Waals surface area contributed by atoms with E-state index in [2.05, 4.69) is 51.9 Å². The van der Waals surface area contributed by atoms with Gasteiger partial charge >= 0.3 is 12.1 Å². The van der Waals surface area contributed by atoms with Gasteiger partial charge in [-0.2, -0.15) is 0 Å². The molecule has 3 aromatic rings. The number of anilines is 2. The predicted octanol–water partition coefficient (Wildman–Crippen LogP) is 3.66. The van der Waals surface area contributed by atoms with Crippen LogP contribution < -0.4 is 20.9 Å². The van der Waals surface area contributed by atoms with Crippen LogP contribution in [0.15, 0.2) is 24.3 Å². The van der Waals surface area contributed by atoms with Crippen molar-refractivity contribution in [3.8, 4) is 0 Å². The summed E-state index contributed by atoms with van der Waals surface area (Å²) >= 11 is 2.89. The van der Waals surface area contributed by atoms with Gasteiger partial charge in [0.2, 0.25) is 5.13 Å². The number of hydrogen-bond donors (Lipinski definition) is 3. The van der Waals surface area contributed by atoms with Crippen LogP contribution in [0.5, 0.6) is 0 Å². The molecule has 2 heterocycles. The summed E-state index contributed by atoms with van der Waals surface area (Å²) in [4.78, 5) is 28.0. The van der Waals surface area contributed by atoms with Crippen molar-refractivity contribution in [2.45, 2.75) is 26.2 Å². The third-order valence-corrected chi connectivity index (χ3v) is 5.98. The van der Waals surface area contributed by atoms with Gasteiger partial charge in [0.15, 0.2) is 5.13 Å². The molecular weight excluding hydrogens is 410 g/mol. The highest BCUT2D eigenvalue weighted by atomic mass is 32.1. The minimum absolute atomic E-state index is 0.0283. The fourth-order valence-corrected chi connectivity index (χ4v) is 3.72. The molecule has 0 fully saturated rings. The number of amides is 4. The van der Waals surface area contributed by atoms with Crippen molar-refractivity contribution in [3.05, 3.63) is 29.3 Å². The number of carbonyl (C=O) groups is 2. The van der Waals surface area contributed by atoms with Crippen LogP contribution in [0.25, 0.3) is 10.2 Å². The summed E-state index contributed by atoms with van der Waals surface area (Å²) in [7, 11) is 4.83. The molecule has 9 nitrogen and oxygen atoms in total. The molecule has 0 radical (unpaired) electrons. The van der Waals surface area contributed by atoms with Crippen LogP contribution in [-0.4, -0.2) is 48.4 Å². The number of carbonyl (C=O) groups excluding carboxylic acids is 2. The number of urea groups is 2. The molecular formula is C18H25N7O2S2. The molecule has 0 aliphatic rings. The van der Waals surface area contributed by atoms with E-state index in [1.54, 1.807) is 21.1 Å². The molecule has 3 rings (SSSR count). The minimum Gasteiger partial charge on any atom is -0.341 e. The average molecular weight is 436 g/mol. The van der Waals surface area contributed by atoms with Gasteiger partial charge in [-0.3, -0.25) is 10.2 Å². The summed E-state index contributed by atoms with van der Waals surface area (Å²) in [6, 6.07) is 7.33. The third-order valence-electron chi connectivity index (χ3n) is 3.60. The largest absolute Gasteiger partial charge is 0.341 e. The van der Waals surface area contributed by atoms with Crippen LogP contribution in [0.1, 0.15) is 25.8 Å². The van der Waals surface area contributed by atoms with Gasteiger partial charge in [-0.25, -0.2) is 14.6 Å². The Hall–Kier alpha value is -2.79. The van der Waals surface area contributed by atoms with Gasteiger partial charge in [0.1, 0.15) is 5.01 Å². The quantitative estimate of drug-likeness (QED) is 0.569. The topological polar surface area (TPSA) is 112 Å². The Bertz CT molecular complexity index is 945. The molecule has 0 aliphatic heterocycles. The van der Waals surface area contributed by atoms with Gasteiger partial charge in [0.05, 0.1) is 10.2 Å². The second kappa shape index (κ2) is 9.61. The van der Waals surface area contributed by atoms with E-state index in [0.29, 0.717) is 10.3 Å². The van der Waals surface area contributed by atoms with Crippen LogP contribution in [0.3, 0.4) is 0 Å². The molecule has 3 N–H and O–H groups in total. The van der Waals surface area contributed by atoms with Crippen LogP contribution in [0, 0.1) is 0 Å². The van der Waals surface area contributed by atoms with Gasteiger partial charge in [0, 0.05) is 26.6 Å². The van der Waals surface area contributed by atoms with Crippen LogP contribution in [0.2, 0.25) is 0 Å². The molecule has 0 atom stereocenters. The Labute approximate surface area is 177 Å². The number of hydrogen-bond acceptors (Lipinski definition) is 7. The zero-order chi connectivity index (χ0) is 21.6. The lowest BCUT2D eigenvalue weighted by molar-refractivity contribution is 0.249. The summed E-state index contributed by atoms with van der Waals surface area (Å²) < 4.78 is 1.07. The van der Waals surface area contributed by atoms with Crippen molar-refractivity contribution >= 4 is 55.2 Å². The number of aromatic nitrogens is 3. The lowest BCUT2D eigenvalue weighted by atomic mass is 9.98. The van der Waals surface area contributed by atoms with Gasteiger partial charge in [0.25, 0.3) is 0 Å². The maximum Gasteiger partial charge on any atom is 0.323 e. The zero-order valence-corrected chi connectivity index (χ0v) is 18.9. The molecule has 0 bridgehead atoms. The molecule has 2 aromatic heterocycles. The van der Waals surface area contributed by atoms with Gasteiger partial charge in [-0.05, 0) is 12.1 Å². The number of benzene rings is 1. The van der Waals surface area contributed by atoms with Crippen molar-refractivity contribution in [2.24, 2.45) is 0 Å². The van der Waals surface area contributed by atoms with E-state index in [-0.39, 0.29) is 17.5 Å². The Balaban J connectivity index is 0.000000207. The lowest BCUT2D eigenvalue weighted by Gasteiger charge is -2.13. The third kappa shape index (κ3) is 6.09. The first-order valence-corrected chi connectivity index (χ1v) is 10.4. The average Bonchev–Trinajstić information content (AvgIpc) is 3.33. The first-order valence-electron chi connectivity index (χ1n) is 8.79. The number of nitrogens with zero attached hydrogens (tertiary/aromatic N) is 4. The zero-order valence-electron chi connectivity index (χ0n) is 17.2. The molecule has 0 spiro atoms. The number of thiazole rings is 1. The van der Waals surface area contributed by atoms with Crippen molar-refractivity contribution < 1.29 is 9.59 Å². The minimum atomic E-state index is -0.246. The van der Waals surface area contributed by atoms with E-state index >= 15 is 0 Å². The molecule has 0 unspecified atom stereocenters. The van der Waals surface area contributed by atoms with E-state index in [4.69, 9.17) is 0 Å². The van der Waals surface area contributed by atoms with E-state index in [0.717, 1.165) is 15.2 Å². The first kappa shape index (κ1) is 22.5. The Morgan fingerprint density at radius 3 is 2.28 bits per heavy atom. The van der Waals surface area contributed by atoms with E-state index in [9.17, 15) is 9.59 Å². The number of fused-ring (bicyclic) bond motifs is 1. The van der Waals surface area contributed by atoms with Crippen LogP contribution in [0.4, 0.5) is 19.9 Å². The standard InChI is InChI=1S/C9H16N4OS.C9H9N3OS/c1-9(2,3)6-11-12-8(15-6)13(5)7(14)10-4;1-10-8(13)12-9-11-6-4-2-3-5-7(6)14-9/h1-5H3,(H,10,14);2-5H,1H3,(H2,10,11,12,13). The molecule has 1 aromatic carbocycles. The Morgan fingerprint density at radius 2 is 1.72 bits per heavy atom. The molecule has 0 aliphatic carbocycles. The van der Waals surface area contributed by atoms with Crippen molar-refractivity contribution in [3.63, 3.8) is 0 Å². The summed E-state index contributed by atoms with van der Waals surface area (Å²) in [5.41, 5.74) is 0.878. The molecule has 11 heteroatoms. The predicted molar refractivity (Wildman–Crippen MR) is 119 cm³/mol. The summed E-state index contributed by atoms with van der Waals surface area (Å²) in [5.74, 6) is 0. The Kier molecular flexibility index (Phi) is 7.46. The van der Waals surface area contributed by atoms with Gasteiger partial charge in [-0.15, -0.1) is 10.2 Å². The molecule has 156 valence electrons. The Morgan fingerprint density at radius 1 is 1.03 bits per heavy atom. The number of para-hydroxylation sites is 1.